The largest absolute Gasteiger partial charge is 0.378 e. The molecule has 0 bridgehead atoms. The molecule has 0 spiro atoms. The lowest BCUT2D eigenvalue weighted by atomic mass is 9.82. The van der Waals surface area contributed by atoms with E-state index in [-0.39, 0.29) is 17.0 Å². The van der Waals surface area contributed by atoms with Crippen molar-refractivity contribution < 1.29 is 9.53 Å². The quantitative estimate of drug-likeness (QED) is 0.807. The number of morpholine rings is 1. The van der Waals surface area contributed by atoms with E-state index in [0.29, 0.717) is 26.3 Å². The Balaban J connectivity index is 2.48. The maximum absolute atomic E-state index is 12.1. The minimum atomic E-state index is -0.173. The van der Waals surface area contributed by atoms with Gasteiger partial charge in [-0.25, -0.2) is 4.79 Å². The van der Waals surface area contributed by atoms with E-state index < -0.39 is 0 Å². The number of nitrogens with zero attached hydrogens (tertiary/aromatic N) is 1. The average molecular weight is 242 g/mol. The minimum Gasteiger partial charge on any atom is -0.378 e. The zero-order chi connectivity index (χ0) is 13.1. The van der Waals surface area contributed by atoms with Gasteiger partial charge >= 0.3 is 6.03 Å². The summed E-state index contributed by atoms with van der Waals surface area (Å²) in [5.41, 5.74) is 0.0371. The van der Waals surface area contributed by atoms with Gasteiger partial charge in [0.2, 0.25) is 0 Å². The van der Waals surface area contributed by atoms with Gasteiger partial charge in [0.05, 0.1) is 13.2 Å². The maximum atomic E-state index is 12.1. The summed E-state index contributed by atoms with van der Waals surface area (Å²) in [6.07, 6.45) is 0.954. The first kappa shape index (κ1) is 14.3. The van der Waals surface area contributed by atoms with Crippen LogP contribution >= 0.6 is 0 Å². The van der Waals surface area contributed by atoms with Crippen molar-refractivity contribution in [3.63, 3.8) is 0 Å². The molecular weight excluding hydrogens is 216 g/mol. The van der Waals surface area contributed by atoms with Gasteiger partial charge in [0.25, 0.3) is 0 Å². The van der Waals surface area contributed by atoms with E-state index in [1.165, 1.54) is 0 Å². The fraction of sp³-hybridized carbons (Fsp3) is 0.923. The maximum Gasteiger partial charge on any atom is 0.317 e. The number of rotatable bonds is 2. The summed E-state index contributed by atoms with van der Waals surface area (Å²) in [6, 6.07) is 0.0301. The van der Waals surface area contributed by atoms with Crippen LogP contribution < -0.4 is 5.32 Å². The van der Waals surface area contributed by atoms with Crippen molar-refractivity contribution in [2.45, 2.75) is 46.6 Å². The molecule has 1 aliphatic heterocycles. The summed E-state index contributed by atoms with van der Waals surface area (Å²) in [6.45, 7) is 13.4. The van der Waals surface area contributed by atoms with Gasteiger partial charge in [-0.05, 0) is 25.7 Å². The van der Waals surface area contributed by atoms with Gasteiger partial charge in [-0.15, -0.1) is 0 Å². The first-order valence-corrected chi connectivity index (χ1v) is 6.34. The predicted octanol–water partition coefficient (Wildman–Crippen LogP) is 2.24. The highest BCUT2D eigenvalue weighted by molar-refractivity contribution is 5.75. The van der Waals surface area contributed by atoms with Crippen LogP contribution in [0.3, 0.4) is 0 Å². The lowest BCUT2D eigenvalue weighted by Gasteiger charge is -2.36. The van der Waals surface area contributed by atoms with Crippen LogP contribution in [0.25, 0.3) is 0 Å². The van der Waals surface area contributed by atoms with Crippen molar-refractivity contribution in [3.05, 3.63) is 0 Å². The second-order valence-electron chi connectivity index (χ2n) is 6.65. The summed E-state index contributed by atoms with van der Waals surface area (Å²) in [5, 5.41) is 3.11. The van der Waals surface area contributed by atoms with Crippen LogP contribution in [0.2, 0.25) is 0 Å². The zero-order valence-electron chi connectivity index (χ0n) is 11.8. The van der Waals surface area contributed by atoms with Crippen LogP contribution in [0.4, 0.5) is 4.79 Å². The molecule has 4 heteroatoms. The predicted molar refractivity (Wildman–Crippen MR) is 69.1 cm³/mol. The van der Waals surface area contributed by atoms with Gasteiger partial charge in [-0.3, -0.25) is 0 Å². The van der Waals surface area contributed by atoms with Crippen LogP contribution in [-0.4, -0.2) is 42.8 Å². The Morgan fingerprint density at radius 2 is 1.71 bits per heavy atom. The second-order valence-corrected chi connectivity index (χ2v) is 6.65. The summed E-state index contributed by atoms with van der Waals surface area (Å²) in [4.78, 5) is 13.9. The van der Waals surface area contributed by atoms with E-state index in [1.807, 2.05) is 4.90 Å². The third-order valence-electron chi connectivity index (χ3n) is 2.72. The molecule has 0 aromatic heterocycles. The van der Waals surface area contributed by atoms with E-state index in [1.54, 1.807) is 0 Å². The average Bonchev–Trinajstić information content (AvgIpc) is 2.14. The fourth-order valence-electron chi connectivity index (χ4n) is 2.50. The number of amides is 2. The molecule has 17 heavy (non-hydrogen) atoms. The van der Waals surface area contributed by atoms with Crippen molar-refractivity contribution in [2.75, 3.05) is 26.3 Å². The Morgan fingerprint density at radius 3 is 2.18 bits per heavy atom. The summed E-state index contributed by atoms with van der Waals surface area (Å²) in [5.74, 6) is 0. The molecule has 0 aliphatic carbocycles. The van der Waals surface area contributed by atoms with Crippen LogP contribution in [0.1, 0.15) is 41.0 Å². The van der Waals surface area contributed by atoms with E-state index in [2.05, 4.69) is 39.9 Å². The molecule has 0 saturated carbocycles. The molecule has 1 fully saturated rings. The lowest BCUT2D eigenvalue weighted by molar-refractivity contribution is 0.0506. The van der Waals surface area contributed by atoms with Crippen molar-refractivity contribution in [1.82, 2.24) is 10.2 Å². The number of carbonyl (C=O) groups excluding carboxylic acids is 1. The highest BCUT2D eigenvalue weighted by atomic mass is 16.5. The molecule has 1 aliphatic rings. The van der Waals surface area contributed by atoms with Crippen molar-refractivity contribution in [2.24, 2.45) is 5.41 Å². The van der Waals surface area contributed by atoms with Crippen LogP contribution in [0.5, 0.6) is 0 Å². The number of hydrogen-bond donors (Lipinski definition) is 1. The van der Waals surface area contributed by atoms with Crippen LogP contribution in [0.15, 0.2) is 0 Å². The van der Waals surface area contributed by atoms with E-state index in [4.69, 9.17) is 4.74 Å². The first-order valence-electron chi connectivity index (χ1n) is 6.34. The number of urea groups is 1. The number of nitrogens with one attached hydrogen (secondary N) is 1. The molecule has 0 radical (unpaired) electrons. The molecule has 0 aromatic carbocycles. The molecule has 1 N–H and O–H groups in total. The van der Waals surface area contributed by atoms with Gasteiger partial charge < -0.3 is 15.0 Å². The molecule has 0 unspecified atom stereocenters. The third-order valence-corrected chi connectivity index (χ3v) is 2.72. The highest BCUT2D eigenvalue weighted by Gasteiger charge is 2.29. The van der Waals surface area contributed by atoms with E-state index in [9.17, 15) is 4.79 Å². The van der Waals surface area contributed by atoms with Gasteiger partial charge in [0.15, 0.2) is 0 Å². The van der Waals surface area contributed by atoms with E-state index in [0.717, 1.165) is 6.42 Å². The Bertz CT molecular complexity index is 263. The van der Waals surface area contributed by atoms with Gasteiger partial charge in [-0.1, -0.05) is 20.8 Å². The van der Waals surface area contributed by atoms with Gasteiger partial charge in [0.1, 0.15) is 0 Å². The zero-order valence-corrected chi connectivity index (χ0v) is 11.8. The number of carbonyl (C=O) groups is 1. The molecular formula is C13H26N2O2. The van der Waals surface area contributed by atoms with Crippen molar-refractivity contribution in [3.8, 4) is 0 Å². The number of hydrogen-bond acceptors (Lipinski definition) is 2. The monoisotopic (exact) mass is 242 g/mol. The van der Waals surface area contributed by atoms with Crippen LogP contribution in [0, 0.1) is 5.41 Å². The topological polar surface area (TPSA) is 41.6 Å². The fourth-order valence-corrected chi connectivity index (χ4v) is 2.50. The van der Waals surface area contributed by atoms with Crippen molar-refractivity contribution >= 4 is 6.03 Å². The van der Waals surface area contributed by atoms with Crippen LogP contribution in [-0.2, 0) is 4.74 Å². The smallest absolute Gasteiger partial charge is 0.317 e. The molecule has 0 aromatic rings. The SMILES string of the molecule is CC(C)(C)CC(C)(C)NC(=O)N1CCOCC1. The molecule has 1 heterocycles. The van der Waals surface area contributed by atoms with Gasteiger partial charge in [0, 0.05) is 18.6 Å². The highest BCUT2D eigenvalue weighted by Crippen LogP contribution is 2.26. The molecule has 2 amide bonds. The normalized spacial score (nSPS) is 18.1. The Kier molecular flexibility index (Phi) is 4.42. The van der Waals surface area contributed by atoms with E-state index >= 15 is 0 Å². The minimum absolute atomic E-state index is 0.0301. The summed E-state index contributed by atoms with van der Waals surface area (Å²) in [7, 11) is 0. The molecule has 4 nitrogen and oxygen atoms in total. The molecule has 0 atom stereocenters. The Morgan fingerprint density at radius 1 is 1.18 bits per heavy atom. The first-order chi connectivity index (χ1) is 7.70. The molecule has 1 rings (SSSR count). The standard InChI is InChI=1S/C13H26N2O2/c1-12(2,3)10-13(4,5)14-11(16)15-6-8-17-9-7-15/h6-10H2,1-5H3,(H,14,16). The third kappa shape index (κ3) is 5.39. The second kappa shape index (κ2) is 5.25. The molecule has 1 saturated heterocycles. The number of ether oxygens (including phenoxy) is 1. The summed E-state index contributed by atoms with van der Waals surface area (Å²) >= 11 is 0. The van der Waals surface area contributed by atoms with Gasteiger partial charge in [-0.2, -0.15) is 0 Å². The lowest BCUT2D eigenvalue weighted by Crippen LogP contribution is -2.53. The Hall–Kier alpha value is -0.770. The Labute approximate surface area is 105 Å². The summed E-state index contributed by atoms with van der Waals surface area (Å²) < 4.78 is 5.24. The van der Waals surface area contributed by atoms with Crippen molar-refractivity contribution in [1.29, 1.82) is 0 Å². The molecule has 100 valence electrons.